The van der Waals surface area contributed by atoms with Crippen molar-refractivity contribution < 1.29 is 32.4 Å². The number of nitrogens with one attached hydrogen (secondary N) is 3. The van der Waals surface area contributed by atoms with E-state index in [0.717, 1.165) is 89.2 Å². The number of H-pyrrole nitrogens is 1. The number of likely N-dealkylation sites (N-methyl/N-ethyl adjacent to an activating group) is 1. The van der Waals surface area contributed by atoms with Gasteiger partial charge in [-0.25, -0.2) is 27.5 Å². The number of halogens is 1. The number of hydrogen-bond acceptors (Lipinski definition) is 13. The first-order chi connectivity index (χ1) is 32.0. The molecule has 4 fully saturated rings. The molecular weight excluding hydrogens is 878 g/mol. The zero-order chi connectivity index (χ0) is 47.3. The number of carbonyl (C=O) groups excluding carboxylic acids is 1. The number of aliphatic hydroxyl groups is 1. The second kappa shape index (κ2) is 18.4. The third-order valence-electron chi connectivity index (χ3n) is 14.8. The van der Waals surface area contributed by atoms with E-state index in [1.807, 2.05) is 0 Å². The second-order valence-electron chi connectivity index (χ2n) is 19.9. The summed E-state index contributed by atoms with van der Waals surface area (Å²) in [4.78, 5) is 43.4. The van der Waals surface area contributed by atoms with Crippen molar-refractivity contribution in [3.05, 3.63) is 106 Å². The fourth-order valence-corrected chi connectivity index (χ4v) is 11.7. The fourth-order valence-electron chi connectivity index (χ4n) is 10.8. The maximum atomic E-state index is 14.6. The van der Waals surface area contributed by atoms with Crippen LogP contribution in [0.4, 0.5) is 21.6 Å². The zero-order valence-corrected chi connectivity index (χ0v) is 39.3. The zero-order valence-electron chi connectivity index (χ0n) is 38.5. The van der Waals surface area contributed by atoms with Gasteiger partial charge in [0.15, 0.2) is 0 Å². The Morgan fingerprint density at radius 2 is 1.78 bits per heavy atom. The normalized spacial score (nSPS) is 22.8. The Hall–Kier alpha value is -5.69. The molecule has 0 bridgehead atoms. The van der Waals surface area contributed by atoms with Crippen LogP contribution >= 0.6 is 0 Å². The molecule has 2 aromatic carbocycles. The minimum absolute atomic E-state index is 0.0157. The highest BCUT2D eigenvalue weighted by Gasteiger charge is 2.50. The highest BCUT2D eigenvalue weighted by Crippen LogP contribution is 2.53. The van der Waals surface area contributed by atoms with Crippen molar-refractivity contribution >= 4 is 44.2 Å². The van der Waals surface area contributed by atoms with Crippen molar-refractivity contribution in [2.24, 2.45) is 11.3 Å². The number of amides is 1. The minimum atomic E-state index is -4.69. The topological polar surface area (TPSA) is 199 Å². The molecule has 0 radical (unpaired) electrons. The molecule has 3 aromatic heterocycles. The molecule has 2 aliphatic heterocycles. The fraction of sp³-hybridized carbons (Fsp3) is 0.490. The quantitative estimate of drug-likeness (QED) is 0.0653. The van der Waals surface area contributed by atoms with E-state index in [0.29, 0.717) is 43.0 Å². The molecule has 5 aromatic rings. The van der Waals surface area contributed by atoms with Gasteiger partial charge in [0.05, 0.1) is 33.9 Å². The highest BCUT2D eigenvalue weighted by molar-refractivity contribution is 7.90. The number of aromatic amines is 1. The van der Waals surface area contributed by atoms with Gasteiger partial charge in [0.1, 0.15) is 27.9 Å². The first-order valence-electron chi connectivity index (χ1n) is 23.4. The minimum Gasteiger partial charge on any atom is -0.455 e. The maximum absolute atomic E-state index is 14.6. The average molecular weight is 938 g/mol. The number of carbonyl (C=O) groups is 1. The van der Waals surface area contributed by atoms with Crippen molar-refractivity contribution in [1.29, 1.82) is 0 Å². The van der Waals surface area contributed by atoms with Crippen LogP contribution < -0.4 is 19.7 Å². The number of fused-ring (bicyclic) bond motifs is 1. The Morgan fingerprint density at radius 3 is 2.51 bits per heavy atom. The molecule has 18 heteroatoms. The monoisotopic (exact) mass is 937 g/mol. The summed E-state index contributed by atoms with van der Waals surface area (Å²) in [7, 11) is -2.47. The Morgan fingerprint density at radius 1 is 1.03 bits per heavy atom. The van der Waals surface area contributed by atoms with Crippen LogP contribution in [0.15, 0.2) is 78.1 Å². The first kappa shape index (κ1) is 46.4. The summed E-state index contributed by atoms with van der Waals surface area (Å²) >= 11 is 0. The molecule has 2 saturated carbocycles. The van der Waals surface area contributed by atoms with Gasteiger partial charge in [0.25, 0.3) is 15.9 Å². The average Bonchev–Trinajstić information content (AvgIpc) is 3.66. The summed E-state index contributed by atoms with van der Waals surface area (Å²) < 4.78 is 50.4. The molecule has 67 heavy (non-hydrogen) atoms. The summed E-state index contributed by atoms with van der Waals surface area (Å²) in [6.45, 7) is 11.3. The van der Waals surface area contributed by atoms with E-state index in [2.05, 4.69) is 84.9 Å². The van der Waals surface area contributed by atoms with E-state index in [1.165, 1.54) is 35.7 Å². The third kappa shape index (κ3) is 9.85. The highest BCUT2D eigenvalue weighted by atomic mass is 32.2. The number of anilines is 2. The maximum Gasteiger partial charge on any atom is 0.312 e. The number of nitro groups is 1. The molecule has 2 saturated heterocycles. The molecule has 1 spiro atoms. The van der Waals surface area contributed by atoms with Crippen LogP contribution in [-0.2, 0) is 10.0 Å². The number of benzene rings is 2. The van der Waals surface area contributed by atoms with Crippen LogP contribution in [0.2, 0.25) is 0 Å². The molecule has 1 atom stereocenters. The number of ether oxygens (including phenoxy) is 1. The summed E-state index contributed by atoms with van der Waals surface area (Å²) in [5.74, 6) is -0.954. The van der Waals surface area contributed by atoms with E-state index < -0.39 is 42.9 Å². The van der Waals surface area contributed by atoms with Gasteiger partial charge in [-0.3, -0.25) is 19.8 Å². The largest absolute Gasteiger partial charge is 0.455 e. The van der Waals surface area contributed by atoms with Gasteiger partial charge in [-0.2, -0.15) is 0 Å². The van der Waals surface area contributed by atoms with Gasteiger partial charge < -0.3 is 29.9 Å². The molecule has 0 unspecified atom stereocenters. The van der Waals surface area contributed by atoms with Crippen LogP contribution in [0, 0.1) is 27.3 Å². The molecule has 2 aliphatic carbocycles. The van der Waals surface area contributed by atoms with Crippen molar-refractivity contribution in [2.75, 3.05) is 56.5 Å². The van der Waals surface area contributed by atoms with Crippen LogP contribution in [0.25, 0.3) is 11.0 Å². The molecule has 356 valence electrons. The van der Waals surface area contributed by atoms with Crippen molar-refractivity contribution in [2.45, 2.75) is 101 Å². The third-order valence-corrected chi connectivity index (χ3v) is 16.1. The predicted octanol–water partition coefficient (Wildman–Crippen LogP) is 8.13. The molecule has 4 aliphatic rings. The lowest BCUT2D eigenvalue weighted by molar-refractivity contribution is -0.384. The summed E-state index contributed by atoms with van der Waals surface area (Å²) in [6.07, 6.45) is 10.4. The van der Waals surface area contributed by atoms with E-state index in [-0.39, 0.29) is 39.6 Å². The molecular formula is C49H60FN9O7S. The van der Waals surface area contributed by atoms with Gasteiger partial charge in [-0.1, -0.05) is 38.1 Å². The van der Waals surface area contributed by atoms with Crippen LogP contribution in [-0.4, -0.2) is 107 Å². The number of hydrogen-bond donors (Lipinski definition) is 4. The lowest BCUT2D eigenvalue weighted by Gasteiger charge is -2.58. The number of piperidine rings is 1. The van der Waals surface area contributed by atoms with E-state index in [9.17, 15) is 32.8 Å². The Kier molecular flexibility index (Phi) is 12.8. The van der Waals surface area contributed by atoms with Gasteiger partial charge >= 0.3 is 5.69 Å². The van der Waals surface area contributed by atoms with Crippen LogP contribution in [0.5, 0.6) is 11.5 Å². The van der Waals surface area contributed by atoms with Gasteiger partial charge in [-0.15, -0.1) is 0 Å². The van der Waals surface area contributed by atoms with Crippen molar-refractivity contribution in [3.8, 4) is 11.5 Å². The first-order valence-corrected chi connectivity index (χ1v) is 24.9. The lowest BCUT2D eigenvalue weighted by atomic mass is 9.59. The van der Waals surface area contributed by atoms with Gasteiger partial charge in [-0.05, 0) is 112 Å². The number of sulfonamides is 1. The summed E-state index contributed by atoms with van der Waals surface area (Å²) in [5, 5.41) is 25.6. The number of rotatable bonds is 13. The van der Waals surface area contributed by atoms with Gasteiger partial charge in [0.2, 0.25) is 5.82 Å². The van der Waals surface area contributed by atoms with E-state index in [4.69, 9.17) is 4.74 Å². The number of nitrogens with zero attached hydrogens (tertiary/aromatic N) is 6. The molecule has 16 nitrogen and oxygen atoms in total. The summed E-state index contributed by atoms with van der Waals surface area (Å²) in [5.41, 5.74) is 2.73. The molecule has 9 rings (SSSR count). The standard InChI is InChI=1S/C49H60FN9O7S/c1-31(2)37-7-5-6-8-38(37)43-30-56(4)19-20-58(43)34-24-49(25-34)15-17-57(18-16-49)33-9-10-39(44(21-33)66-35-22-40-41(50)29-54-45(40)52-27-35)47(60)55-67(64,65)36-23-42(59(62)63)46(53-28-36)51-26-32-11-13-48(3,61)14-12-32/h5-10,21-23,27-29,31-32,34,43,61H,11-20,24-26,30H2,1-4H3,(H,51,53)(H,52,54)(H,55,60)/t32?,43-,48?/m0/s1. The van der Waals surface area contributed by atoms with Crippen molar-refractivity contribution in [1.82, 2.24) is 29.5 Å². The summed E-state index contributed by atoms with van der Waals surface area (Å²) in [6, 6.07) is 17.0. The number of aromatic nitrogens is 3. The lowest BCUT2D eigenvalue weighted by Crippen LogP contribution is -2.59. The van der Waals surface area contributed by atoms with Crippen molar-refractivity contribution in [3.63, 3.8) is 0 Å². The Balaban J connectivity index is 0.908. The van der Waals surface area contributed by atoms with E-state index in [1.54, 1.807) is 19.1 Å². The Labute approximate surface area is 390 Å². The van der Waals surface area contributed by atoms with Crippen LogP contribution in [0.3, 0.4) is 0 Å². The SMILES string of the molecule is CC(C)c1ccccc1[C@@H]1CN(C)CCN1C1CC2(CCN(c3ccc(C(=O)NS(=O)(=O)c4cnc(NCC5CCC(C)(O)CC5)c([N+](=O)[O-])c4)c(Oc4cnc5[nH]cc(F)c5c4)c3)CC2)C1. The van der Waals surface area contributed by atoms with E-state index >= 15 is 0 Å². The Bertz CT molecular complexity index is 2760. The van der Waals surface area contributed by atoms with Crippen LogP contribution in [0.1, 0.15) is 106 Å². The predicted molar refractivity (Wildman–Crippen MR) is 254 cm³/mol. The molecule has 1 amide bonds. The molecule has 4 N–H and O–H groups in total. The van der Waals surface area contributed by atoms with Gasteiger partial charge in [0, 0.05) is 75.4 Å². The smallest absolute Gasteiger partial charge is 0.312 e. The second-order valence-corrected chi connectivity index (χ2v) is 21.6. The number of piperazine rings is 1. The molecule has 5 heterocycles. The number of pyridine rings is 2.